The maximum absolute atomic E-state index is 11.7. The van der Waals surface area contributed by atoms with E-state index in [1.165, 1.54) is 7.11 Å². The summed E-state index contributed by atoms with van der Waals surface area (Å²) in [4.78, 5) is 18.3. The second kappa shape index (κ2) is 12.9. The molecule has 2 rings (SSSR count). The second-order valence-corrected chi connectivity index (χ2v) is 7.32. The van der Waals surface area contributed by atoms with Crippen molar-refractivity contribution in [1.82, 2.24) is 10.2 Å². The maximum Gasteiger partial charge on any atom is 0.308 e. The van der Waals surface area contributed by atoms with Crippen LogP contribution in [0.5, 0.6) is 5.75 Å². The number of para-hydroxylation sites is 1. The topological polar surface area (TPSA) is 63.2 Å². The molecule has 0 saturated carbocycles. The first-order chi connectivity index (χ1) is 13.0. The highest BCUT2D eigenvalue weighted by molar-refractivity contribution is 14.0. The number of hydrogen-bond acceptors (Lipinski definition) is 4. The summed E-state index contributed by atoms with van der Waals surface area (Å²) in [6.07, 6.45) is 2.63. The zero-order chi connectivity index (χ0) is 19.6. The lowest BCUT2D eigenvalue weighted by molar-refractivity contribution is -0.146. The Labute approximate surface area is 186 Å². The quantitative estimate of drug-likeness (QED) is 0.266. The van der Waals surface area contributed by atoms with Crippen LogP contribution in [0.4, 0.5) is 0 Å². The number of hydrogen-bond donors (Lipinski definition) is 1. The van der Waals surface area contributed by atoms with Gasteiger partial charge in [-0.15, -0.1) is 24.0 Å². The number of piperidine rings is 1. The summed E-state index contributed by atoms with van der Waals surface area (Å²) in [5, 5.41) is 3.43. The molecule has 1 aromatic rings. The zero-order valence-corrected chi connectivity index (χ0v) is 19.8. The molecule has 0 bridgehead atoms. The summed E-state index contributed by atoms with van der Waals surface area (Å²) in [6, 6.07) is 8.12. The Morgan fingerprint density at radius 1 is 1.29 bits per heavy atom. The predicted octanol–water partition coefficient (Wildman–Crippen LogP) is 3.69. The molecule has 6 nitrogen and oxygen atoms in total. The summed E-state index contributed by atoms with van der Waals surface area (Å²) in [6.45, 7) is 7.37. The summed E-state index contributed by atoms with van der Waals surface area (Å²) in [7, 11) is 3.25. The number of carbonyl (C=O) groups excluding carboxylic acids is 1. The molecule has 1 N–H and O–H groups in total. The van der Waals surface area contributed by atoms with Gasteiger partial charge in [0, 0.05) is 32.2 Å². The van der Waals surface area contributed by atoms with Gasteiger partial charge < -0.3 is 19.7 Å². The van der Waals surface area contributed by atoms with E-state index in [0.717, 1.165) is 56.2 Å². The number of nitrogens with zero attached hydrogens (tertiary/aromatic N) is 2. The standard InChI is InChI=1S/C21H33N3O3.HI/c1-16(2)11-14-27-19-8-6-5-7-18(19)15-23-21(22-3)24-12-9-17(10-13-24)20(25)26-4;/h5-8,16-17H,9-15H2,1-4H3,(H,22,23);1H. The van der Waals surface area contributed by atoms with E-state index in [4.69, 9.17) is 9.47 Å². The van der Waals surface area contributed by atoms with Crippen LogP contribution in [0, 0.1) is 11.8 Å². The molecule has 0 aliphatic carbocycles. The minimum Gasteiger partial charge on any atom is -0.493 e. The number of nitrogens with one attached hydrogen (secondary N) is 1. The fourth-order valence-electron chi connectivity index (χ4n) is 3.20. The smallest absolute Gasteiger partial charge is 0.308 e. The van der Waals surface area contributed by atoms with E-state index in [1.54, 1.807) is 7.05 Å². The minimum absolute atomic E-state index is 0. The third-order valence-electron chi connectivity index (χ3n) is 4.90. The number of esters is 1. The van der Waals surface area contributed by atoms with E-state index in [9.17, 15) is 4.79 Å². The molecule has 0 amide bonds. The van der Waals surface area contributed by atoms with Crippen molar-refractivity contribution in [3.8, 4) is 5.75 Å². The van der Waals surface area contributed by atoms with E-state index < -0.39 is 0 Å². The van der Waals surface area contributed by atoms with Crippen LogP contribution in [0.2, 0.25) is 0 Å². The number of benzene rings is 1. The lowest BCUT2D eigenvalue weighted by Gasteiger charge is -2.33. The van der Waals surface area contributed by atoms with Gasteiger partial charge in [0.15, 0.2) is 5.96 Å². The number of carbonyl (C=O) groups is 1. The average Bonchev–Trinajstić information content (AvgIpc) is 2.69. The molecule has 158 valence electrons. The lowest BCUT2D eigenvalue weighted by atomic mass is 9.97. The van der Waals surface area contributed by atoms with Crippen molar-refractivity contribution in [3.05, 3.63) is 29.8 Å². The van der Waals surface area contributed by atoms with Gasteiger partial charge in [0.05, 0.1) is 19.6 Å². The van der Waals surface area contributed by atoms with Gasteiger partial charge in [-0.1, -0.05) is 32.0 Å². The van der Waals surface area contributed by atoms with Crippen molar-refractivity contribution in [2.75, 3.05) is 33.9 Å². The molecule has 1 aliphatic rings. The van der Waals surface area contributed by atoms with Crippen LogP contribution in [0.25, 0.3) is 0 Å². The third-order valence-corrected chi connectivity index (χ3v) is 4.90. The molecule has 0 aromatic heterocycles. The van der Waals surface area contributed by atoms with Crippen LogP contribution in [0.1, 0.15) is 38.7 Å². The first-order valence-electron chi connectivity index (χ1n) is 9.79. The van der Waals surface area contributed by atoms with Crippen molar-refractivity contribution in [1.29, 1.82) is 0 Å². The van der Waals surface area contributed by atoms with Crippen molar-refractivity contribution < 1.29 is 14.3 Å². The first-order valence-corrected chi connectivity index (χ1v) is 9.79. The molecule has 1 saturated heterocycles. The van der Waals surface area contributed by atoms with E-state index in [2.05, 4.69) is 35.1 Å². The van der Waals surface area contributed by atoms with Crippen LogP contribution in [0.3, 0.4) is 0 Å². The van der Waals surface area contributed by atoms with Crippen molar-refractivity contribution in [2.45, 2.75) is 39.7 Å². The van der Waals surface area contributed by atoms with Gasteiger partial charge in [-0.2, -0.15) is 0 Å². The normalized spacial score (nSPS) is 15.2. The van der Waals surface area contributed by atoms with Gasteiger partial charge in [0.25, 0.3) is 0 Å². The molecule has 1 aromatic carbocycles. The SMILES string of the molecule is CN=C(NCc1ccccc1OCCC(C)C)N1CCC(C(=O)OC)CC1.I. The highest BCUT2D eigenvalue weighted by atomic mass is 127. The Kier molecular flexibility index (Phi) is 11.3. The number of halogens is 1. The third kappa shape index (κ3) is 7.48. The molecule has 0 atom stereocenters. The monoisotopic (exact) mass is 503 g/mol. The largest absolute Gasteiger partial charge is 0.493 e. The van der Waals surface area contributed by atoms with Crippen LogP contribution >= 0.6 is 24.0 Å². The van der Waals surface area contributed by atoms with Gasteiger partial charge in [-0.3, -0.25) is 9.79 Å². The van der Waals surface area contributed by atoms with E-state index in [1.807, 2.05) is 18.2 Å². The van der Waals surface area contributed by atoms with Gasteiger partial charge >= 0.3 is 5.97 Å². The number of methoxy groups -OCH3 is 1. The number of ether oxygens (including phenoxy) is 2. The Balaban J connectivity index is 0.00000392. The molecule has 0 spiro atoms. The molecule has 1 aliphatic heterocycles. The molecule has 0 unspecified atom stereocenters. The van der Waals surface area contributed by atoms with Crippen molar-refractivity contribution in [2.24, 2.45) is 16.8 Å². The van der Waals surface area contributed by atoms with Gasteiger partial charge in [-0.25, -0.2) is 0 Å². The molecule has 1 heterocycles. The molecular weight excluding hydrogens is 469 g/mol. The summed E-state index contributed by atoms with van der Waals surface area (Å²) >= 11 is 0. The minimum atomic E-state index is -0.106. The molecular formula is C21H34IN3O3. The van der Waals surface area contributed by atoms with E-state index >= 15 is 0 Å². The Bertz CT molecular complexity index is 629. The molecule has 28 heavy (non-hydrogen) atoms. The number of guanidine groups is 1. The van der Waals surface area contributed by atoms with Crippen LogP contribution in [-0.4, -0.2) is 50.7 Å². The van der Waals surface area contributed by atoms with Crippen LogP contribution < -0.4 is 10.1 Å². The fourth-order valence-corrected chi connectivity index (χ4v) is 3.20. The summed E-state index contributed by atoms with van der Waals surface area (Å²) in [5.41, 5.74) is 1.12. The molecule has 7 heteroatoms. The van der Waals surface area contributed by atoms with E-state index in [-0.39, 0.29) is 35.9 Å². The number of rotatable bonds is 7. The number of aliphatic imine (C=N–C) groups is 1. The van der Waals surface area contributed by atoms with Gasteiger partial charge in [0.2, 0.25) is 0 Å². The fraction of sp³-hybridized carbons (Fsp3) is 0.619. The zero-order valence-electron chi connectivity index (χ0n) is 17.4. The van der Waals surface area contributed by atoms with Gasteiger partial charge in [0.1, 0.15) is 5.75 Å². The highest BCUT2D eigenvalue weighted by Gasteiger charge is 2.26. The van der Waals surface area contributed by atoms with Crippen LogP contribution in [-0.2, 0) is 16.1 Å². The highest BCUT2D eigenvalue weighted by Crippen LogP contribution is 2.20. The van der Waals surface area contributed by atoms with Crippen LogP contribution in [0.15, 0.2) is 29.3 Å². The average molecular weight is 503 g/mol. The lowest BCUT2D eigenvalue weighted by Crippen LogP contribution is -2.46. The summed E-state index contributed by atoms with van der Waals surface area (Å²) in [5.74, 6) is 2.30. The Morgan fingerprint density at radius 3 is 2.57 bits per heavy atom. The summed E-state index contributed by atoms with van der Waals surface area (Å²) < 4.78 is 10.8. The molecule has 1 fully saturated rings. The molecule has 0 radical (unpaired) electrons. The maximum atomic E-state index is 11.7. The Morgan fingerprint density at radius 2 is 1.96 bits per heavy atom. The second-order valence-electron chi connectivity index (χ2n) is 7.32. The van der Waals surface area contributed by atoms with Crippen molar-refractivity contribution in [3.63, 3.8) is 0 Å². The predicted molar refractivity (Wildman–Crippen MR) is 123 cm³/mol. The first kappa shape index (κ1) is 24.5. The Hall–Kier alpha value is -1.51. The van der Waals surface area contributed by atoms with Crippen molar-refractivity contribution >= 4 is 35.9 Å². The number of likely N-dealkylation sites (tertiary alicyclic amines) is 1. The van der Waals surface area contributed by atoms with E-state index in [0.29, 0.717) is 12.5 Å². The van der Waals surface area contributed by atoms with Gasteiger partial charge in [-0.05, 0) is 31.2 Å².